The van der Waals surface area contributed by atoms with E-state index in [0.29, 0.717) is 5.92 Å². The first kappa shape index (κ1) is 21.1. The van der Waals surface area contributed by atoms with Crippen molar-refractivity contribution in [3.8, 4) is 0 Å². The molecule has 0 radical (unpaired) electrons. The quantitative estimate of drug-likeness (QED) is 0.700. The standard InChI is InChI=1S/C18H32N2.C2H6.H2/c1-5-17(11-13-20(4)14-15(2)3)18-8-6-16(7-9-18)10-12-19;1-2;/h6-9,15,17H,5,10-14,19H2,1-4H3;1-2H3;1H. The first-order chi connectivity index (χ1) is 10.6. The van der Waals surface area contributed by atoms with Crippen LogP contribution in [0.15, 0.2) is 24.3 Å². The Morgan fingerprint density at radius 2 is 1.73 bits per heavy atom. The fraction of sp³-hybridized carbons (Fsp3) is 0.700. The summed E-state index contributed by atoms with van der Waals surface area (Å²) in [6.45, 7) is 14.0. The molecule has 2 N–H and O–H groups in total. The van der Waals surface area contributed by atoms with E-state index in [9.17, 15) is 0 Å². The van der Waals surface area contributed by atoms with Gasteiger partial charge < -0.3 is 10.6 Å². The first-order valence-corrected chi connectivity index (χ1v) is 9.04. The minimum absolute atomic E-state index is 0. The van der Waals surface area contributed by atoms with Gasteiger partial charge in [0, 0.05) is 7.97 Å². The lowest BCUT2D eigenvalue weighted by Crippen LogP contribution is -2.25. The maximum atomic E-state index is 5.60. The second kappa shape index (κ2) is 12.7. The molecule has 0 amide bonds. The second-order valence-electron chi connectivity index (χ2n) is 6.33. The van der Waals surface area contributed by atoms with Crippen LogP contribution in [0.5, 0.6) is 0 Å². The molecule has 0 aromatic heterocycles. The SMILES string of the molecule is CC.CCC(CCN(C)CC(C)C)c1ccc(CCN)cc1.[HH]. The van der Waals surface area contributed by atoms with Crippen LogP contribution in [0.2, 0.25) is 0 Å². The zero-order chi connectivity index (χ0) is 17.0. The van der Waals surface area contributed by atoms with E-state index in [0.717, 1.165) is 18.9 Å². The van der Waals surface area contributed by atoms with Gasteiger partial charge in [0.2, 0.25) is 0 Å². The molecule has 0 bridgehead atoms. The summed E-state index contributed by atoms with van der Waals surface area (Å²) in [7, 11) is 2.23. The average Bonchev–Trinajstić information content (AvgIpc) is 2.51. The summed E-state index contributed by atoms with van der Waals surface area (Å²) in [5.41, 5.74) is 8.43. The molecule has 22 heavy (non-hydrogen) atoms. The van der Waals surface area contributed by atoms with Gasteiger partial charge in [0.1, 0.15) is 0 Å². The molecule has 1 atom stereocenters. The minimum atomic E-state index is 0. The lowest BCUT2D eigenvalue weighted by Gasteiger charge is -2.22. The van der Waals surface area contributed by atoms with E-state index >= 15 is 0 Å². The number of benzene rings is 1. The molecular weight excluding hydrogens is 268 g/mol. The third-order valence-corrected chi connectivity index (χ3v) is 3.91. The summed E-state index contributed by atoms with van der Waals surface area (Å²) in [5.74, 6) is 1.42. The minimum Gasteiger partial charge on any atom is -0.330 e. The van der Waals surface area contributed by atoms with Crippen LogP contribution in [0.4, 0.5) is 0 Å². The number of nitrogens with zero attached hydrogens (tertiary/aromatic N) is 1. The van der Waals surface area contributed by atoms with Crippen LogP contribution in [0.3, 0.4) is 0 Å². The Morgan fingerprint density at radius 3 is 2.18 bits per heavy atom. The van der Waals surface area contributed by atoms with Crippen molar-refractivity contribution in [2.75, 3.05) is 26.7 Å². The summed E-state index contributed by atoms with van der Waals surface area (Å²) in [6, 6.07) is 9.06. The summed E-state index contributed by atoms with van der Waals surface area (Å²) < 4.78 is 0. The van der Waals surface area contributed by atoms with Crippen LogP contribution < -0.4 is 5.73 Å². The van der Waals surface area contributed by atoms with Gasteiger partial charge in [-0.15, -0.1) is 0 Å². The molecule has 2 nitrogen and oxygen atoms in total. The van der Waals surface area contributed by atoms with Crippen molar-refractivity contribution in [2.24, 2.45) is 11.7 Å². The third kappa shape index (κ3) is 8.55. The van der Waals surface area contributed by atoms with E-state index in [1.165, 1.54) is 37.1 Å². The predicted molar refractivity (Wildman–Crippen MR) is 103 cm³/mol. The topological polar surface area (TPSA) is 29.3 Å². The van der Waals surface area contributed by atoms with Crippen LogP contribution >= 0.6 is 0 Å². The van der Waals surface area contributed by atoms with Gasteiger partial charge in [-0.1, -0.05) is 58.9 Å². The Labute approximate surface area is 140 Å². The molecule has 0 heterocycles. The fourth-order valence-electron chi connectivity index (χ4n) is 2.82. The lowest BCUT2D eigenvalue weighted by atomic mass is 9.92. The van der Waals surface area contributed by atoms with Crippen LogP contribution in [0.25, 0.3) is 0 Å². The Kier molecular flexibility index (Phi) is 12.2. The van der Waals surface area contributed by atoms with E-state index in [-0.39, 0.29) is 1.43 Å². The van der Waals surface area contributed by atoms with E-state index in [4.69, 9.17) is 5.73 Å². The second-order valence-corrected chi connectivity index (χ2v) is 6.33. The molecule has 0 saturated heterocycles. The molecule has 1 unspecified atom stereocenters. The molecule has 130 valence electrons. The highest BCUT2D eigenvalue weighted by atomic mass is 15.1. The maximum Gasteiger partial charge on any atom is 0.000134 e. The molecule has 2 heteroatoms. The van der Waals surface area contributed by atoms with Crippen molar-refractivity contribution in [2.45, 2.75) is 59.8 Å². The molecule has 0 aliphatic carbocycles. The van der Waals surface area contributed by atoms with Crippen molar-refractivity contribution in [3.63, 3.8) is 0 Å². The number of nitrogens with two attached hydrogens (primary N) is 1. The van der Waals surface area contributed by atoms with Crippen molar-refractivity contribution < 1.29 is 1.43 Å². The molecule has 0 aliphatic rings. The average molecular weight is 309 g/mol. The summed E-state index contributed by atoms with van der Waals surface area (Å²) in [6.07, 6.45) is 3.44. The predicted octanol–water partition coefficient (Wildman–Crippen LogP) is 4.93. The normalized spacial score (nSPS) is 12.2. The van der Waals surface area contributed by atoms with Crippen LogP contribution in [0.1, 0.15) is 65.9 Å². The Balaban J connectivity index is 0. The Bertz CT molecular complexity index is 362. The third-order valence-electron chi connectivity index (χ3n) is 3.91. The van der Waals surface area contributed by atoms with E-state index in [1.54, 1.807) is 0 Å². The molecule has 0 aliphatic heterocycles. The number of rotatable bonds is 9. The highest BCUT2D eigenvalue weighted by Crippen LogP contribution is 2.24. The Hall–Kier alpha value is -0.860. The van der Waals surface area contributed by atoms with Gasteiger partial charge in [0.15, 0.2) is 0 Å². The van der Waals surface area contributed by atoms with Gasteiger partial charge in [0.05, 0.1) is 0 Å². The van der Waals surface area contributed by atoms with Crippen LogP contribution in [-0.2, 0) is 6.42 Å². The first-order valence-electron chi connectivity index (χ1n) is 9.04. The van der Waals surface area contributed by atoms with Gasteiger partial charge in [0.25, 0.3) is 0 Å². The van der Waals surface area contributed by atoms with Gasteiger partial charge in [-0.2, -0.15) is 0 Å². The molecule has 1 aromatic carbocycles. The lowest BCUT2D eigenvalue weighted by molar-refractivity contribution is 0.283. The van der Waals surface area contributed by atoms with Gasteiger partial charge in [-0.05, 0) is 62.4 Å². The van der Waals surface area contributed by atoms with Crippen molar-refractivity contribution in [1.29, 1.82) is 0 Å². The van der Waals surface area contributed by atoms with E-state index in [1.807, 2.05) is 13.8 Å². The fourth-order valence-corrected chi connectivity index (χ4v) is 2.82. The van der Waals surface area contributed by atoms with Gasteiger partial charge in [-0.25, -0.2) is 0 Å². The Morgan fingerprint density at radius 1 is 1.14 bits per heavy atom. The molecular formula is C20H40N2. The maximum absolute atomic E-state index is 5.60. The molecule has 0 spiro atoms. The molecule has 0 saturated carbocycles. The molecule has 0 fully saturated rings. The summed E-state index contributed by atoms with van der Waals surface area (Å²) in [5, 5.41) is 0. The number of hydrogen-bond donors (Lipinski definition) is 1. The van der Waals surface area contributed by atoms with Crippen molar-refractivity contribution >= 4 is 0 Å². The van der Waals surface area contributed by atoms with E-state index < -0.39 is 0 Å². The van der Waals surface area contributed by atoms with E-state index in [2.05, 4.69) is 57.0 Å². The van der Waals surface area contributed by atoms with Crippen LogP contribution in [-0.4, -0.2) is 31.6 Å². The highest BCUT2D eigenvalue weighted by molar-refractivity contribution is 5.25. The number of hydrogen-bond acceptors (Lipinski definition) is 2. The highest BCUT2D eigenvalue weighted by Gasteiger charge is 2.11. The van der Waals surface area contributed by atoms with Gasteiger partial charge in [-0.3, -0.25) is 0 Å². The van der Waals surface area contributed by atoms with Crippen molar-refractivity contribution in [3.05, 3.63) is 35.4 Å². The van der Waals surface area contributed by atoms with Crippen LogP contribution in [0, 0.1) is 5.92 Å². The molecule has 1 aromatic rings. The zero-order valence-electron chi connectivity index (χ0n) is 15.7. The monoisotopic (exact) mass is 308 g/mol. The summed E-state index contributed by atoms with van der Waals surface area (Å²) in [4.78, 5) is 2.45. The smallest absolute Gasteiger partial charge is 0.000134 e. The zero-order valence-corrected chi connectivity index (χ0v) is 15.7. The van der Waals surface area contributed by atoms with Crippen molar-refractivity contribution in [1.82, 2.24) is 4.90 Å². The summed E-state index contributed by atoms with van der Waals surface area (Å²) >= 11 is 0. The molecule has 1 rings (SSSR count). The van der Waals surface area contributed by atoms with Gasteiger partial charge >= 0.3 is 0 Å². The largest absolute Gasteiger partial charge is 0.330 e.